The summed E-state index contributed by atoms with van der Waals surface area (Å²) in [7, 11) is 0. The van der Waals surface area contributed by atoms with Gasteiger partial charge in [0.15, 0.2) is 23.1 Å². The normalized spacial score (nSPS) is 10.7. The van der Waals surface area contributed by atoms with Gasteiger partial charge in [0.2, 0.25) is 5.82 Å². The first-order valence-electron chi connectivity index (χ1n) is 10.7. The van der Waals surface area contributed by atoms with Crippen molar-refractivity contribution >= 4 is 5.97 Å². The molecule has 4 aromatic rings. The van der Waals surface area contributed by atoms with E-state index in [2.05, 4.69) is 0 Å². The lowest BCUT2D eigenvalue weighted by Gasteiger charge is -2.10. The molecular formula is C28H21F3O3. The summed E-state index contributed by atoms with van der Waals surface area (Å²) >= 11 is 0. The van der Waals surface area contributed by atoms with Gasteiger partial charge in [-0.3, -0.25) is 0 Å². The molecule has 0 aliphatic rings. The van der Waals surface area contributed by atoms with Crippen LogP contribution in [0.15, 0.2) is 78.9 Å². The molecule has 0 spiro atoms. The molecule has 0 bridgehead atoms. The highest BCUT2D eigenvalue weighted by Gasteiger charge is 2.19. The fraction of sp³-hybridized carbons (Fsp3) is 0.107. The molecule has 0 saturated carbocycles. The van der Waals surface area contributed by atoms with Gasteiger partial charge in [-0.2, -0.15) is 4.39 Å². The Balaban J connectivity index is 1.51. The van der Waals surface area contributed by atoms with Gasteiger partial charge in [0, 0.05) is 5.56 Å². The molecule has 0 aliphatic carbocycles. The number of ether oxygens (including phenoxy) is 2. The molecule has 0 atom stereocenters. The third kappa shape index (κ3) is 4.81. The number of aryl methyl sites for hydroxylation is 1. The first kappa shape index (κ1) is 23.1. The minimum Gasteiger partial charge on any atom is -0.491 e. The second-order valence-corrected chi connectivity index (χ2v) is 7.65. The number of hydrogen-bond donors (Lipinski definition) is 0. The third-order valence-electron chi connectivity index (χ3n) is 5.30. The van der Waals surface area contributed by atoms with Crippen molar-refractivity contribution in [1.82, 2.24) is 0 Å². The van der Waals surface area contributed by atoms with Gasteiger partial charge in [-0.1, -0.05) is 48.0 Å². The average molecular weight is 462 g/mol. The van der Waals surface area contributed by atoms with Gasteiger partial charge in [0.1, 0.15) is 0 Å². The molecule has 6 heteroatoms. The van der Waals surface area contributed by atoms with Crippen LogP contribution in [-0.4, -0.2) is 12.6 Å². The molecular weight excluding hydrogens is 441 g/mol. The predicted molar refractivity (Wildman–Crippen MR) is 124 cm³/mol. The molecule has 4 rings (SSSR count). The molecule has 0 saturated heterocycles. The minimum absolute atomic E-state index is 0.0734. The Hall–Kier alpha value is -4.06. The van der Waals surface area contributed by atoms with E-state index in [0.29, 0.717) is 23.3 Å². The number of rotatable bonds is 6. The zero-order valence-corrected chi connectivity index (χ0v) is 18.6. The maximum Gasteiger partial charge on any atom is 0.343 e. The second-order valence-electron chi connectivity index (χ2n) is 7.65. The van der Waals surface area contributed by atoms with E-state index in [0.717, 1.165) is 5.56 Å². The Morgan fingerprint density at radius 2 is 1.35 bits per heavy atom. The first-order valence-corrected chi connectivity index (χ1v) is 10.7. The van der Waals surface area contributed by atoms with Crippen molar-refractivity contribution < 1.29 is 27.4 Å². The summed E-state index contributed by atoms with van der Waals surface area (Å²) in [6, 6.07) is 20.3. The molecule has 0 aliphatic heterocycles. The van der Waals surface area contributed by atoms with Crippen molar-refractivity contribution in [1.29, 1.82) is 0 Å². The Kier molecular flexibility index (Phi) is 6.68. The van der Waals surface area contributed by atoms with E-state index in [1.54, 1.807) is 49.4 Å². The fourth-order valence-corrected chi connectivity index (χ4v) is 3.48. The van der Waals surface area contributed by atoms with E-state index in [-0.39, 0.29) is 16.9 Å². The number of hydrogen-bond acceptors (Lipinski definition) is 3. The largest absolute Gasteiger partial charge is 0.491 e. The molecule has 4 aromatic carbocycles. The van der Waals surface area contributed by atoms with Crippen molar-refractivity contribution in [3.8, 4) is 33.8 Å². The van der Waals surface area contributed by atoms with Gasteiger partial charge in [-0.25, -0.2) is 13.6 Å². The van der Waals surface area contributed by atoms with Crippen LogP contribution in [0.2, 0.25) is 0 Å². The van der Waals surface area contributed by atoms with Crippen LogP contribution in [-0.2, 0) is 0 Å². The Bertz CT molecular complexity index is 1330. The van der Waals surface area contributed by atoms with Crippen LogP contribution in [0.4, 0.5) is 13.2 Å². The lowest BCUT2D eigenvalue weighted by molar-refractivity contribution is 0.0727. The number of carbonyl (C=O) groups excluding carboxylic acids is 1. The SMILES string of the molecule is CCOc1ccc(-c2ccc(C(=O)Oc3ccc(-c4ccc(C)cc4)c(F)c3F)cc2)cc1F. The van der Waals surface area contributed by atoms with Crippen molar-refractivity contribution in [2.45, 2.75) is 13.8 Å². The van der Waals surface area contributed by atoms with E-state index >= 15 is 0 Å². The topological polar surface area (TPSA) is 35.5 Å². The predicted octanol–water partition coefficient (Wildman–Crippen LogP) is 7.36. The van der Waals surface area contributed by atoms with Crippen LogP contribution in [0.25, 0.3) is 22.3 Å². The fourth-order valence-electron chi connectivity index (χ4n) is 3.48. The monoisotopic (exact) mass is 462 g/mol. The number of carbonyl (C=O) groups is 1. The van der Waals surface area contributed by atoms with Crippen molar-refractivity contribution in [3.05, 3.63) is 107 Å². The van der Waals surface area contributed by atoms with Crippen LogP contribution in [0.1, 0.15) is 22.8 Å². The molecule has 0 aromatic heterocycles. The summed E-state index contributed by atoms with van der Waals surface area (Å²) < 4.78 is 53.7. The van der Waals surface area contributed by atoms with E-state index in [9.17, 15) is 18.0 Å². The molecule has 0 heterocycles. The smallest absolute Gasteiger partial charge is 0.343 e. The molecule has 0 N–H and O–H groups in total. The Labute approximate surface area is 195 Å². The van der Waals surface area contributed by atoms with E-state index in [4.69, 9.17) is 9.47 Å². The van der Waals surface area contributed by atoms with E-state index in [1.165, 1.54) is 36.4 Å². The van der Waals surface area contributed by atoms with Gasteiger partial charge < -0.3 is 9.47 Å². The molecule has 0 fully saturated rings. The van der Waals surface area contributed by atoms with Gasteiger partial charge >= 0.3 is 5.97 Å². The summed E-state index contributed by atoms with van der Waals surface area (Å²) in [6.07, 6.45) is 0. The zero-order chi connectivity index (χ0) is 24.2. The van der Waals surface area contributed by atoms with Gasteiger partial charge in [-0.15, -0.1) is 0 Å². The van der Waals surface area contributed by atoms with Crippen LogP contribution >= 0.6 is 0 Å². The molecule has 0 radical (unpaired) electrons. The number of benzene rings is 4. The number of halogens is 3. The van der Waals surface area contributed by atoms with Gasteiger partial charge in [-0.05, 0) is 66.9 Å². The van der Waals surface area contributed by atoms with Gasteiger partial charge in [0.25, 0.3) is 0 Å². The average Bonchev–Trinajstić information content (AvgIpc) is 2.84. The lowest BCUT2D eigenvalue weighted by Crippen LogP contribution is -2.10. The summed E-state index contributed by atoms with van der Waals surface area (Å²) in [5, 5.41) is 0. The highest BCUT2D eigenvalue weighted by Crippen LogP contribution is 2.31. The van der Waals surface area contributed by atoms with E-state index < -0.39 is 29.2 Å². The quantitative estimate of drug-likeness (QED) is 0.222. The van der Waals surface area contributed by atoms with Gasteiger partial charge in [0.05, 0.1) is 12.2 Å². The lowest BCUT2D eigenvalue weighted by atomic mass is 10.0. The van der Waals surface area contributed by atoms with Crippen LogP contribution in [0.3, 0.4) is 0 Å². The summed E-state index contributed by atoms with van der Waals surface area (Å²) in [5.41, 5.74) is 2.98. The highest BCUT2D eigenvalue weighted by atomic mass is 19.2. The molecule has 0 unspecified atom stereocenters. The summed E-state index contributed by atoms with van der Waals surface area (Å²) in [5.74, 6) is -4.01. The van der Waals surface area contributed by atoms with Crippen molar-refractivity contribution in [3.63, 3.8) is 0 Å². The maximum atomic E-state index is 14.6. The van der Waals surface area contributed by atoms with Crippen LogP contribution in [0.5, 0.6) is 11.5 Å². The first-order chi connectivity index (χ1) is 16.4. The Morgan fingerprint density at radius 3 is 2.00 bits per heavy atom. The second kappa shape index (κ2) is 9.83. The van der Waals surface area contributed by atoms with Crippen molar-refractivity contribution in [2.75, 3.05) is 6.61 Å². The minimum atomic E-state index is -1.24. The van der Waals surface area contributed by atoms with Crippen molar-refractivity contribution in [2.24, 2.45) is 0 Å². The molecule has 3 nitrogen and oxygen atoms in total. The highest BCUT2D eigenvalue weighted by molar-refractivity contribution is 5.91. The third-order valence-corrected chi connectivity index (χ3v) is 5.30. The molecule has 34 heavy (non-hydrogen) atoms. The Morgan fingerprint density at radius 1 is 0.735 bits per heavy atom. The summed E-state index contributed by atoms with van der Waals surface area (Å²) in [6.45, 7) is 4.02. The summed E-state index contributed by atoms with van der Waals surface area (Å²) in [4.78, 5) is 12.5. The zero-order valence-electron chi connectivity index (χ0n) is 18.6. The van der Waals surface area contributed by atoms with Crippen LogP contribution in [0, 0.1) is 24.4 Å². The van der Waals surface area contributed by atoms with E-state index in [1.807, 2.05) is 6.92 Å². The molecule has 172 valence electrons. The van der Waals surface area contributed by atoms with Crippen LogP contribution < -0.4 is 9.47 Å². The maximum absolute atomic E-state index is 14.6. The molecule has 0 amide bonds. The number of esters is 1. The standard InChI is InChI=1S/C28H21F3O3/c1-3-33-24-14-12-21(16-23(24)29)18-8-10-20(11-9-18)28(32)34-25-15-13-22(26(30)27(25)31)19-6-4-17(2)5-7-19/h4-16H,3H2,1-2H3.